The second-order valence-corrected chi connectivity index (χ2v) is 5.57. The van der Waals surface area contributed by atoms with E-state index in [0.29, 0.717) is 24.6 Å². The van der Waals surface area contributed by atoms with Gasteiger partial charge >= 0.3 is 0 Å². The molecule has 5 heteroatoms. The number of carbonyl (C=O) groups excluding carboxylic acids is 1. The van der Waals surface area contributed by atoms with E-state index in [-0.39, 0.29) is 18.3 Å². The van der Waals surface area contributed by atoms with Gasteiger partial charge in [-0.1, -0.05) is 19.9 Å². The zero-order valence-corrected chi connectivity index (χ0v) is 13.4. The molecule has 2 N–H and O–H groups in total. The van der Waals surface area contributed by atoms with Crippen molar-refractivity contribution >= 4 is 11.6 Å². The number of anilines is 1. The molecule has 1 amide bonds. The number of rotatable bonds is 8. The van der Waals surface area contributed by atoms with Crippen molar-refractivity contribution in [2.24, 2.45) is 5.92 Å². The van der Waals surface area contributed by atoms with Crippen molar-refractivity contribution in [1.29, 1.82) is 0 Å². The highest BCUT2D eigenvalue weighted by Gasteiger charge is 2.14. The first-order chi connectivity index (χ1) is 9.95. The number of nitrogens with zero attached hydrogens (tertiary/aromatic N) is 1. The highest BCUT2D eigenvalue weighted by Crippen LogP contribution is 2.22. The van der Waals surface area contributed by atoms with Gasteiger partial charge in [0.1, 0.15) is 5.82 Å². The van der Waals surface area contributed by atoms with Gasteiger partial charge in [-0.25, -0.2) is 4.39 Å². The number of likely N-dealkylation sites (N-methyl/N-ethyl adjacent to an activating group) is 2. The molecule has 0 aliphatic carbocycles. The third-order valence-corrected chi connectivity index (χ3v) is 3.11. The normalized spacial score (nSPS) is 10.8. The first-order valence-corrected chi connectivity index (χ1v) is 7.41. The van der Waals surface area contributed by atoms with Crippen LogP contribution >= 0.6 is 0 Å². The van der Waals surface area contributed by atoms with Gasteiger partial charge < -0.3 is 15.5 Å². The van der Waals surface area contributed by atoms with Gasteiger partial charge in [0, 0.05) is 31.4 Å². The third-order valence-electron chi connectivity index (χ3n) is 3.11. The van der Waals surface area contributed by atoms with Gasteiger partial charge in [-0.05, 0) is 31.5 Å². The molecule has 0 heterocycles. The van der Waals surface area contributed by atoms with E-state index < -0.39 is 0 Å². The fourth-order valence-electron chi connectivity index (χ4n) is 2.12. The number of hydrogen-bond acceptors (Lipinski definition) is 3. The van der Waals surface area contributed by atoms with Crippen LogP contribution in [0.1, 0.15) is 26.3 Å². The van der Waals surface area contributed by atoms with Crippen LogP contribution in [0.25, 0.3) is 0 Å². The summed E-state index contributed by atoms with van der Waals surface area (Å²) in [4.78, 5) is 13.4. The van der Waals surface area contributed by atoms with Gasteiger partial charge in [-0.15, -0.1) is 0 Å². The van der Waals surface area contributed by atoms with E-state index >= 15 is 0 Å². The third kappa shape index (κ3) is 5.71. The fourth-order valence-corrected chi connectivity index (χ4v) is 2.12. The molecule has 0 atom stereocenters. The van der Waals surface area contributed by atoms with Gasteiger partial charge in [0.2, 0.25) is 5.91 Å². The Morgan fingerprint density at radius 2 is 2.10 bits per heavy atom. The second-order valence-electron chi connectivity index (χ2n) is 5.57. The number of hydrogen-bond donors (Lipinski definition) is 2. The number of halogens is 1. The Morgan fingerprint density at radius 3 is 2.71 bits per heavy atom. The monoisotopic (exact) mass is 295 g/mol. The maximum Gasteiger partial charge on any atom is 0.239 e. The molecular formula is C16H26FN3O. The van der Waals surface area contributed by atoms with Crippen LogP contribution in [0.15, 0.2) is 18.2 Å². The van der Waals surface area contributed by atoms with E-state index in [1.165, 1.54) is 6.07 Å². The molecule has 0 aromatic heterocycles. The Bertz CT molecular complexity index is 463. The summed E-state index contributed by atoms with van der Waals surface area (Å²) in [6, 6.07) is 4.97. The molecule has 1 aromatic rings. The van der Waals surface area contributed by atoms with Crippen LogP contribution in [-0.4, -0.2) is 32.6 Å². The summed E-state index contributed by atoms with van der Waals surface area (Å²) in [5.41, 5.74) is 1.35. The van der Waals surface area contributed by atoms with Crippen LogP contribution in [0, 0.1) is 11.7 Å². The van der Waals surface area contributed by atoms with Crippen LogP contribution in [0.2, 0.25) is 0 Å². The van der Waals surface area contributed by atoms with E-state index in [1.54, 1.807) is 18.0 Å². The van der Waals surface area contributed by atoms with Crippen LogP contribution < -0.4 is 15.5 Å². The van der Waals surface area contributed by atoms with Crippen molar-refractivity contribution in [2.45, 2.75) is 27.3 Å². The molecule has 0 spiro atoms. The number of amides is 1. The van der Waals surface area contributed by atoms with E-state index in [9.17, 15) is 9.18 Å². The molecule has 1 rings (SSSR count). The largest absolute Gasteiger partial charge is 0.365 e. The minimum absolute atomic E-state index is 0.0645. The first-order valence-electron chi connectivity index (χ1n) is 7.41. The second kappa shape index (κ2) is 8.62. The molecular weight excluding hydrogens is 269 g/mol. The maximum absolute atomic E-state index is 14.1. The molecule has 0 aliphatic heterocycles. The van der Waals surface area contributed by atoms with Gasteiger partial charge in [0.15, 0.2) is 0 Å². The van der Waals surface area contributed by atoms with Crippen LogP contribution in [0.4, 0.5) is 10.1 Å². The molecule has 21 heavy (non-hydrogen) atoms. The van der Waals surface area contributed by atoms with Crippen LogP contribution in [0.3, 0.4) is 0 Å². The zero-order chi connectivity index (χ0) is 15.8. The molecule has 0 saturated carbocycles. The fraction of sp³-hybridized carbons (Fsp3) is 0.562. The summed E-state index contributed by atoms with van der Waals surface area (Å²) in [6.07, 6.45) is 0. The summed E-state index contributed by atoms with van der Waals surface area (Å²) in [5, 5.41) is 6.00. The lowest BCUT2D eigenvalue weighted by molar-refractivity contribution is -0.119. The Balaban J connectivity index is 2.80. The van der Waals surface area contributed by atoms with Crippen molar-refractivity contribution < 1.29 is 9.18 Å². The summed E-state index contributed by atoms with van der Waals surface area (Å²) >= 11 is 0. The summed E-state index contributed by atoms with van der Waals surface area (Å²) < 4.78 is 14.1. The van der Waals surface area contributed by atoms with Gasteiger partial charge in [0.05, 0.1) is 6.54 Å². The highest BCUT2D eigenvalue weighted by molar-refractivity contribution is 5.81. The maximum atomic E-state index is 14.1. The van der Waals surface area contributed by atoms with Gasteiger partial charge in [-0.3, -0.25) is 4.79 Å². The van der Waals surface area contributed by atoms with Crippen molar-refractivity contribution in [3.05, 3.63) is 29.6 Å². The molecule has 0 fully saturated rings. The molecule has 4 nitrogen and oxygen atoms in total. The van der Waals surface area contributed by atoms with Crippen molar-refractivity contribution in [1.82, 2.24) is 10.6 Å². The summed E-state index contributed by atoms with van der Waals surface area (Å²) in [5.74, 6) is 0.199. The quantitative estimate of drug-likeness (QED) is 0.772. The van der Waals surface area contributed by atoms with Crippen LogP contribution in [0.5, 0.6) is 0 Å². The lowest BCUT2D eigenvalue weighted by Crippen LogP contribution is -2.35. The molecule has 0 saturated heterocycles. The van der Waals surface area contributed by atoms with E-state index in [4.69, 9.17) is 0 Å². The summed E-state index contributed by atoms with van der Waals surface area (Å²) in [7, 11) is 1.80. The number of benzene rings is 1. The molecule has 0 bridgehead atoms. The summed E-state index contributed by atoms with van der Waals surface area (Å²) in [6.45, 7) is 8.19. The average molecular weight is 295 g/mol. The van der Waals surface area contributed by atoms with Crippen molar-refractivity contribution in [2.75, 3.05) is 31.6 Å². The van der Waals surface area contributed by atoms with Crippen LogP contribution in [-0.2, 0) is 11.3 Å². The lowest BCUT2D eigenvalue weighted by atomic mass is 10.1. The molecule has 118 valence electrons. The Morgan fingerprint density at radius 1 is 1.38 bits per heavy atom. The van der Waals surface area contributed by atoms with Gasteiger partial charge in [-0.2, -0.15) is 0 Å². The minimum atomic E-state index is -0.244. The zero-order valence-electron chi connectivity index (χ0n) is 13.4. The average Bonchev–Trinajstić information content (AvgIpc) is 2.40. The topological polar surface area (TPSA) is 44.4 Å². The smallest absolute Gasteiger partial charge is 0.239 e. The minimum Gasteiger partial charge on any atom is -0.365 e. The van der Waals surface area contributed by atoms with E-state index in [1.807, 2.05) is 13.0 Å². The van der Waals surface area contributed by atoms with Crippen molar-refractivity contribution in [3.63, 3.8) is 0 Å². The van der Waals surface area contributed by atoms with Gasteiger partial charge in [0.25, 0.3) is 0 Å². The predicted octanol–water partition coefficient (Wildman–Crippen LogP) is 2.14. The van der Waals surface area contributed by atoms with Crippen molar-refractivity contribution in [3.8, 4) is 0 Å². The highest BCUT2D eigenvalue weighted by atomic mass is 19.1. The molecule has 1 aromatic carbocycles. The molecule has 0 radical (unpaired) electrons. The molecule has 0 unspecified atom stereocenters. The predicted molar refractivity (Wildman–Crippen MR) is 84.9 cm³/mol. The SMILES string of the molecule is CCNC(=O)CN(C)c1cccc(F)c1CNCC(C)C. The van der Waals surface area contributed by atoms with E-state index in [0.717, 1.165) is 12.2 Å². The van der Waals surface area contributed by atoms with E-state index in [2.05, 4.69) is 24.5 Å². The standard InChI is InChI=1S/C16H26FN3O/c1-5-19-16(21)11-20(4)15-8-6-7-14(17)13(15)10-18-9-12(2)3/h6-8,12,18H,5,9-11H2,1-4H3,(H,19,21). The lowest BCUT2D eigenvalue weighted by Gasteiger charge is -2.22. The Labute approximate surface area is 126 Å². The molecule has 0 aliphatic rings. The first kappa shape index (κ1) is 17.4. The Kier molecular flexibility index (Phi) is 7.15. The number of carbonyl (C=O) groups is 1. The Hall–Kier alpha value is -1.62. The number of nitrogens with one attached hydrogen (secondary N) is 2.